The lowest BCUT2D eigenvalue weighted by Gasteiger charge is -2.11. The Hall–Kier alpha value is -2.01. The van der Waals surface area contributed by atoms with Crippen LogP contribution in [0.1, 0.15) is 5.56 Å². The van der Waals surface area contributed by atoms with Gasteiger partial charge in [-0.1, -0.05) is 30.3 Å². The minimum absolute atomic E-state index is 0.627. The Kier molecular flexibility index (Phi) is 3.36. The molecule has 0 amide bonds. The minimum atomic E-state index is 0.627. The second-order valence-electron chi connectivity index (χ2n) is 4.51. The van der Waals surface area contributed by atoms with Gasteiger partial charge in [0.1, 0.15) is 11.6 Å². The summed E-state index contributed by atoms with van der Waals surface area (Å²) < 4.78 is 8.00. The van der Waals surface area contributed by atoms with Gasteiger partial charge in [0.05, 0.1) is 24.3 Å². The number of nitrogens with two attached hydrogens (primary N) is 1. The number of methoxy groups -OCH3 is 1. The number of benzene rings is 2. The number of ether oxygens (including phenoxy) is 1. The van der Waals surface area contributed by atoms with Gasteiger partial charge in [-0.3, -0.25) is 0 Å². The molecule has 0 aliphatic rings. The van der Waals surface area contributed by atoms with Crippen molar-refractivity contribution in [3.63, 3.8) is 0 Å². The fourth-order valence-corrected chi connectivity index (χ4v) is 2.61. The molecule has 0 aliphatic heterocycles. The maximum atomic E-state index is 5.98. The summed E-state index contributed by atoms with van der Waals surface area (Å²) in [5, 5.41) is 6.52. The zero-order valence-corrected chi connectivity index (χ0v) is 12.6. The molecule has 2 aromatic carbocycles. The number of hydrogen-bond donors (Lipinski definition) is 1. The number of anilines is 1. The quantitative estimate of drug-likeness (QED) is 0.799. The number of fused-ring (bicyclic) bond motifs is 1. The van der Waals surface area contributed by atoms with Gasteiger partial charge >= 0.3 is 0 Å². The molecule has 0 saturated heterocycles. The molecule has 1 aromatic heterocycles. The molecule has 0 radical (unpaired) electrons. The van der Waals surface area contributed by atoms with Crippen molar-refractivity contribution in [1.29, 1.82) is 0 Å². The molecule has 3 aromatic rings. The van der Waals surface area contributed by atoms with E-state index >= 15 is 0 Å². The van der Waals surface area contributed by atoms with Gasteiger partial charge in [-0.25, -0.2) is 4.68 Å². The van der Waals surface area contributed by atoms with E-state index in [0.29, 0.717) is 12.4 Å². The lowest BCUT2D eigenvalue weighted by molar-refractivity contribution is 0.419. The van der Waals surface area contributed by atoms with Crippen LogP contribution in [0.4, 0.5) is 5.82 Å². The largest absolute Gasteiger partial charge is 0.496 e. The zero-order chi connectivity index (χ0) is 14.1. The fourth-order valence-electron chi connectivity index (χ4n) is 2.31. The first-order valence-electron chi connectivity index (χ1n) is 6.22. The Morgan fingerprint density at radius 3 is 2.60 bits per heavy atom. The van der Waals surface area contributed by atoms with Crippen LogP contribution in [0.2, 0.25) is 0 Å². The Morgan fingerprint density at radius 1 is 1.20 bits per heavy atom. The molecule has 1 heterocycles. The average Bonchev–Trinajstić information content (AvgIpc) is 2.79. The van der Waals surface area contributed by atoms with Crippen molar-refractivity contribution in [2.45, 2.75) is 6.54 Å². The third-order valence-electron chi connectivity index (χ3n) is 3.35. The van der Waals surface area contributed by atoms with Crippen LogP contribution >= 0.6 is 15.9 Å². The summed E-state index contributed by atoms with van der Waals surface area (Å²) in [7, 11) is 1.68. The SMILES string of the molecule is COc1ccc(Cn2ncc(Br)c2N)c2ccccc12. The van der Waals surface area contributed by atoms with E-state index in [2.05, 4.69) is 39.2 Å². The van der Waals surface area contributed by atoms with Gasteiger partial charge in [0.25, 0.3) is 0 Å². The van der Waals surface area contributed by atoms with Crippen LogP contribution in [-0.2, 0) is 6.54 Å². The molecule has 0 unspecified atom stereocenters. The molecule has 4 nitrogen and oxygen atoms in total. The first-order chi connectivity index (χ1) is 9.70. The first-order valence-corrected chi connectivity index (χ1v) is 7.01. The van der Waals surface area contributed by atoms with E-state index in [1.165, 1.54) is 0 Å². The zero-order valence-electron chi connectivity index (χ0n) is 11.0. The lowest BCUT2D eigenvalue weighted by Crippen LogP contribution is -2.06. The molecule has 102 valence electrons. The van der Waals surface area contributed by atoms with Crippen molar-refractivity contribution in [3.05, 3.63) is 52.6 Å². The van der Waals surface area contributed by atoms with Crippen molar-refractivity contribution >= 4 is 32.5 Å². The number of nitrogens with zero attached hydrogens (tertiary/aromatic N) is 2. The smallest absolute Gasteiger partial charge is 0.136 e. The molecular weight excluding hydrogens is 318 g/mol. The molecule has 0 aliphatic carbocycles. The van der Waals surface area contributed by atoms with Gasteiger partial charge in [0.15, 0.2) is 0 Å². The maximum Gasteiger partial charge on any atom is 0.136 e. The second-order valence-corrected chi connectivity index (χ2v) is 5.36. The van der Waals surface area contributed by atoms with Gasteiger partial charge in [-0.05, 0) is 32.9 Å². The predicted octanol–water partition coefficient (Wildman–Crippen LogP) is 3.44. The van der Waals surface area contributed by atoms with E-state index in [0.717, 1.165) is 26.6 Å². The van der Waals surface area contributed by atoms with E-state index in [4.69, 9.17) is 10.5 Å². The Balaban J connectivity index is 2.11. The number of halogens is 1. The number of rotatable bonds is 3. The molecule has 0 fully saturated rings. The molecule has 5 heteroatoms. The summed E-state index contributed by atoms with van der Waals surface area (Å²) in [5.74, 6) is 1.50. The Morgan fingerprint density at radius 2 is 1.95 bits per heavy atom. The highest BCUT2D eigenvalue weighted by atomic mass is 79.9. The summed E-state index contributed by atoms with van der Waals surface area (Å²) in [6.45, 7) is 0.627. The molecule has 0 bridgehead atoms. The highest BCUT2D eigenvalue weighted by Crippen LogP contribution is 2.29. The van der Waals surface area contributed by atoms with Crippen LogP contribution < -0.4 is 10.5 Å². The first kappa shape index (κ1) is 13.0. The van der Waals surface area contributed by atoms with Crippen molar-refractivity contribution < 1.29 is 4.74 Å². The van der Waals surface area contributed by atoms with Crippen molar-refractivity contribution in [1.82, 2.24) is 9.78 Å². The predicted molar refractivity (Wildman–Crippen MR) is 83.9 cm³/mol. The highest BCUT2D eigenvalue weighted by Gasteiger charge is 2.09. The van der Waals surface area contributed by atoms with E-state index in [9.17, 15) is 0 Å². The standard InChI is InChI=1S/C15H14BrN3O/c1-20-14-7-6-10(11-4-2-3-5-12(11)14)9-19-15(17)13(16)8-18-19/h2-8H,9,17H2,1H3. The van der Waals surface area contributed by atoms with Gasteiger partial charge in [-0.2, -0.15) is 5.10 Å². The van der Waals surface area contributed by atoms with Gasteiger partial charge in [0, 0.05) is 5.39 Å². The molecule has 0 spiro atoms. The van der Waals surface area contributed by atoms with Gasteiger partial charge < -0.3 is 10.5 Å². The van der Waals surface area contributed by atoms with Crippen molar-refractivity contribution in [2.24, 2.45) is 0 Å². The summed E-state index contributed by atoms with van der Waals surface area (Å²) in [5.41, 5.74) is 7.14. The van der Waals surface area contributed by atoms with Crippen LogP contribution in [0.25, 0.3) is 10.8 Å². The van der Waals surface area contributed by atoms with E-state index in [1.807, 2.05) is 18.2 Å². The van der Waals surface area contributed by atoms with E-state index in [-0.39, 0.29) is 0 Å². The molecular formula is C15H14BrN3O. The third-order valence-corrected chi connectivity index (χ3v) is 3.96. The molecule has 0 atom stereocenters. The van der Waals surface area contributed by atoms with Crippen LogP contribution in [0.3, 0.4) is 0 Å². The third kappa shape index (κ3) is 2.14. The summed E-state index contributed by atoms with van der Waals surface area (Å²) >= 11 is 3.37. The maximum absolute atomic E-state index is 5.98. The van der Waals surface area contributed by atoms with E-state index < -0.39 is 0 Å². The lowest BCUT2D eigenvalue weighted by atomic mass is 10.0. The van der Waals surface area contributed by atoms with Crippen LogP contribution in [0.5, 0.6) is 5.75 Å². The second kappa shape index (κ2) is 5.17. The topological polar surface area (TPSA) is 53.1 Å². The number of aromatic nitrogens is 2. The average molecular weight is 332 g/mol. The molecule has 0 saturated carbocycles. The van der Waals surface area contributed by atoms with Crippen molar-refractivity contribution in [3.8, 4) is 5.75 Å². The summed E-state index contributed by atoms with van der Waals surface area (Å²) in [4.78, 5) is 0. The monoisotopic (exact) mass is 331 g/mol. The normalized spacial score (nSPS) is 10.9. The van der Waals surface area contributed by atoms with Gasteiger partial charge in [0.2, 0.25) is 0 Å². The number of hydrogen-bond acceptors (Lipinski definition) is 3. The Bertz CT molecular complexity index is 767. The minimum Gasteiger partial charge on any atom is -0.496 e. The molecule has 3 rings (SSSR count). The summed E-state index contributed by atoms with van der Waals surface area (Å²) in [6, 6.07) is 12.2. The summed E-state index contributed by atoms with van der Waals surface area (Å²) in [6.07, 6.45) is 1.71. The van der Waals surface area contributed by atoms with Crippen LogP contribution in [-0.4, -0.2) is 16.9 Å². The van der Waals surface area contributed by atoms with Crippen molar-refractivity contribution in [2.75, 3.05) is 12.8 Å². The van der Waals surface area contributed by atoms with Crippen LogP contribution in [0, 0.1) is 0 Å². The number of nitrogen functional groups attached to an aromatic ring is 1. The van der Waals surface area contributed by atoms with Crippen LogP contribution in [0.15, 0.2) is 47.1 Å². The highest BCUT2D eigenvalue weighted by molar-refractivity contribution is 9.10. The molecule has 20 heavy (non-hydrogen) atoms. The molecule has 2 N–H and O–H groups in total. The fraction of sp³-hybridized carbons (Fsp3) is 0.133. The van der Waals surface area contributed by atoms with Gasteiger partial charge in [-0.15, -0.1) is 0 Å². The Labute approximate surface area is 125 Å². The van der Waals surface area contributed by atoms with E-state index in [1.54, 1.807) is 18.0 Å².